The molecule has 0 saturated heterocycles. The molecule has 0 aliphatic rings. The lowest BCUT2D eigenvalue weighted by Gasteiger charge is -2.11. The monoisotopic (exact) mass is 353 g/mol. The number of ketones is 1. The molecule has 0 heterocycles. The van der Waals surface area contributed by atoms with Gasteiger partial charge in [0.2, 0.25) is 0 Å². The fraction of sp³-hybridized carbons (Fsp3) is 0.133. The van der Waals surface area contributed by atoms with Crippen LogP contribution in [-0.2, 0) is 9.84 Å². The van der Waals surface area contributed by atoms with E-state index in [4.69, 9.17) is 4.74 Å². The predicted octanol–water partition coefficient (Wildman–Crippen LogP) is 3.13. The molecule has 0 saturated carbocycles. The largest absolute Gasteiger partial charge is 0.453 e. The van der Waals surface area contributed by atoms with Crippen molar-refractivity contribution in [3.05, 3.63) is 57.9 Å². The topological polar surface area (TPSA) is 104 Å². The highest BCUT2D eigenvalue weighted by Crippen LogP contribution is 2.33. The average Bonchev–Trinajstić information content (AvgIpc) is 2.48. The molecule has 0 bridgehead atoms. The molecule has 0 fully saturated rings. The van der Waals surface area contributed by atoms with Gasteiger partial charge < -0.3 is 4.74 Å². The number of halogens is 1. The summed E-state index contributed by atoms with van der Waals surface area (Å²) in [6, 6.07) is 6.43. The molecular weight excluding hydrogens is 341 g/mol. The maximum Gasteiger partial charge on any atom is 0.271 e. The second-order valence-electron chi connectivity index (χ2n) is 4.96. The van der Waals surface area contributed by atoms with Crippen LogP contribution in [-0.4, -0.2) is 25.4 Å². The summed E-state index contributed by atoms with van der Waals surface area (Å²) in [5, 5.41) is 10.8. The lowest BCUT2D eigenvalue weighted by molar-refractivity contribution is -0.385. The molecule has 0 amide bonds. The number of non-ortho nitro benzene ring substituents is 1. The highest BCUT2D eigenvalue weighted by Gasteiger charge is 2.21. The second kappa shape index (κ2) is 6.36. The Morgan fingerprint density at radius 1 is 1.17 bits per heavy atom. The molecule has 0 aromatic heterocycles. The molecule has 2 aromatic rings. The quantitative estimate of drug-likeness (QED) is 0.465. The van der Waals surface area contributed by atoms with E-state index in [-0.39, 0.29) is 22.8 Å². The molecule has 2 aromatic carbocycles. The molecule has 9 heteroatoms. The van der Waals surface area contributed by atoms with E-state index in [1.807, 2.05) is 0 Å². The second-order valence-corrected chi connectivity index (χ2v) is 6.95. The number of hydrogen-bond donors (Lipinski definition) is 0. The first-order chi connectivity index (χ1) is 11.1. The maximum atomic E-state index is 14.0. The van der Waals surface area contributed by atoms with Gasteiger partial charge in [0.25, 0.3) is 5.69 Å². The van der Waals surface area contributed by atoms with Gasteiger partial charge >= 0.3 is 0 Å². The number of Topliss-reactive ketones (excluding diaryl/α,β-unsaturated/α-hetero) is 1. The van der Waals surface area contributed by atoms with Crippen molar-refractivity contribution >= 4 is 21.3 Å². The zero-order valence-corrected chi connectivity index (χ0v) is 13.5. The molecule has 0 unspecified atom stereocenters. The van der Waals surface area contributed by atoms with Gasteiger partial charge in [0.1, 0.15) is 10.6 Å². The first-order valence-electron chi connectivity index (χ1n) is 6.56. The van der Waals surface area contributed by atoms with Crippen LogP contribution in [0.1, 0.15) is 17.3 Å². The van der Waals surface area contributed by atoms with Crippen molar-refractivity contribution in [2.75, 3.05) is 6.26 Å². The van der Waals surface area contributed by atoms with Gasteiger partial charge in [-0.15, -0.1) is 0 Å². The van der Waals surface area contributed by atoms with Crippen molar-refractivity contribution in [1.82, 2.24) is 0 Å². The van der Waals surface area contributed by atoms with Gasteiger partial charge in [-0.25, -0.2) is 12.8 Å². The van der Waals surface area contributed by atoms with Gasteiger partial charge in [-0.05, 0) is 31.2 Å². The van der Waals surface area contributed by atoms with E-state index in [1.165, 1.54) is 19.1 Å². The third-order valence-corrected chi connectivity index (χ3v) is 4.21. The summed E-state index contributed by atoms with van der Waals surface area (Å²) in [7, 11) is -3.85. The fourth-order valence-electron chi connectivity index (χ4n) is 1.91. The molecule has 126 valence electrons. The minimum Gasteiger partial charge on any atom is -0.453 e. The Kier molecular flexibility index (Phi) is 4.65. The van der Waals surface area contributed by atoms with E-state index < -0.39 is 31.2 Å². The highest BCUT2D eigenvalue weighted by molar-refractivity contribution is 7.90. The fourth-order valence-corrected chi connectivity index (χ4v) is 2.72. The Morgan fingerprint density at radius 2 is 1.79 bits per heavy atom. The van der Waals surface area contributed by atoms with Crippen LogP contribution in [0.2, 0.25) is 0 Å². The van der Waals surface area contributed by atoms with Gasteiger partial charge in [0, 0.05) is 24.0 Å². The summed E-state index contributed by atoms with van der Waals surface area (Å²) in [5.41, 5.74) is -0.304. The summed E-state index contributed by atoms with van der Waals surface area (Å²) in [5.74, 6) is -1.76. The van der Waals surface area contributed by atoms with E-state index in [0.29, 0.717) is 0 Å². The van der Waals surface area contributed by atoms with Crippen molar-refractivity contribution in [3.63, 3.8) is 0 Å². The average molecular weight is 353 g/mol. The minimum absolute atomic E-state index is 0.131. The van der Waals surface area contributed by atoms with Crippen LogP contribution in [0.15, 0.2) is 41.3 Å². The maximum absolute atomic E-state index is 14.0. The van der Waals surface area contributed by atoms with Crippen molar-refractivity contribution in [1.29, 1.82) is 0 Å². The molecule has 0 radical (unpaired) electrons. The lowest BCUT2D eigenvalue weighted by atomic mass is 10.1. The number of nitro groups is 1. The lowest BCUT2D eigenvalue weighted by Crippen LogP contribution is -2.03. The molecule has 7 nitrogen and oxygen atoms in total. The summed E-state index contributed by atoms with van der Waals surface area (Å²) in [6.07, 6.45) is 0.855. The van der Waals surface area contributed by atoms with E-state index in [0.717, 1.165) is 30.5 Å². The predicted molar refractivity (Wildman–Crippen MR) is 82.7 cm³/mol. The van der Waals surface area contributed by atoms with Crippen molar-refractivity contribution in [2.24, 2.45) is 0 Å². The number of benzene rings is 2. The molecule has 0 aliphatic heterocycles. The Bertz CT molecular complexity index is 939. The molecular formula is C15H12FNO6S. The van der Waals surface area contributed by atoms with Crippen LogP contribution in [0.25, 0.3) is 0 Å². The smallest absolute Gasteiger partial charge is 0.271 e. The summed E-state index contributed by atoms with van der Waals surface area (Å²) in [4.78, 5) is 20.8. The molecule has 2 rings (SSSR count). The van der Waals surface area contributed by atoms with Crippen LogP contribution in [0.3, 0.4) is 0 Å². The Labute approximate surface area is 136 Å². The number of ether oxygens (including phenoxy) is 1. The van der Waals surface area contributed by atoms with Gasteiger partial charge in [0.15, 0.2) is 27.2 Å². The van der Waals surface area contributed by atoms with Crippen LogP contribution in [0.5, 0.6) is 11.5 Å². The standard InChI is InChI=1S/C15H12FNO6S/c1-9(18)10-3-5-13(12(16)7-10)23-14-6-4-11(17(19)20)8-15(14)24(2,21)22/h3-8H,1-2H3. The third kappa shape index (κ3) is 3.74. The third-order valence-electron chi connectivity index (χ3n) is 3.10. The number of carbonyl (C=O) groups is 1. The van der Waals surface area contributed by atoms with Crippen LogP contribution >= 0.6 is 0 Å². The normalized spacial score (nSPS) is 11.1. The molecule has 0 aliphatic carbocycles. The van der Waals surface area contributed by atoms with Crippen LogP contribution < -0.4 is 4.74 Å². The molecule has 0 atom stereocenters. The minimum atomic E-state index is -3.85. The molecule has 0 spiro atoms. The summed E-state index contributed by atoms with van der Waals surface area (Å²) < 4.78 is 42.9. The van der Waals surface area contributed by atoms with E-state index in [9.17, 15) is 27.7 Å². The number of nitro benzene ring substituents is 1. The number of rotatable bonds is 5. The highest BCUT2D eigenvalue weighted by atomic mass is 32.2. The van der Waals surface area contributed by atoms with Crippen LogP contribution in [0, 0.1) is 15.9 Å². The van der Waals surface area contributed by atoms with Gasteiger partial charge in [-0.1, -0.05) is 0 Å². The molecule has 0 N–H and O–H groups in total. The van der Waals surface area contributed by atoms with Gasteiger partial charge in [-0.3, -0.25) is 14.9 Å². The first-order valence-corrected chi connectivity index (χ1v) is 8.45. The van der Waals surface area contributed by atoms with E-state index >= 15 is 0 Å². The van der Waals surface area contributed by atoms with Crippen LogP contribution in [0.4, 0.5) is 10.1 Å². The molecule has 24 heavy (non-hydrogen) atoms. The van der Waals surface area contributed by atoms with Gasteiger partial charge in [0.05, 0.1) is 4.92 Å². The number of nitrogens with zero attached hydrogens (tertiary/aromatic N) is 1. The Morgan fingerprint density at radius 3 is 2.29 bits per heavy atom. The zero-order valence-electron chi connectivity index (χ0n) is 12.6. The Balaban J connectivity index is 2.50. The number of hydrogen-bond acceptors (Lipinski definition) is 6. The zero-order chi connectivity index (χ0) is 18.1. The first kappa shape index (κ1) is 17.5. The summed E-state index contributed by atoms with van der Waals surface area (Å²) >= 11 is 0. The van der Waals surface area contributed by atoms with Gasteiger partial charge in [-0.2, -0.15) is 0 Å². The SMILES string of the molecule is CC(=O)c1ccc(Oc2ccc([N+](=O)[O-])cc2S(C)(=O)=O)c(F)c1. The summed E-state index contributed by atoms with van der Waals surface area (Å²) in [6.45, 7) is 1.27. The van der Waals surface area contributed by atoms with E-state index in [2.05, 4.69) is 0 Å². The number of sulfone groups is 1. The Hall–Kier alpha value is -2.81. The van der Waals surface area contributed by atoms with Crippen molar-refractivity contribution < 1.29 is 27.3 Å². The van der Waals surface area contributed by atoms with Crippen molar-refractivity contribution in [3.8, 4) is 11.5 Å². The number of carbonyl (C=O) groups excluding carboxylic acids is 1. The van der Waals surface area contributed by atoms with E-state index in [1.54, 1.807) is 0 Å². The van der Waals surface area contributed by atoms with Crippen molar-refractivity contribution in [2.45, 2.75) is 11.8 Å².